The first-order chi connectivity index (χ1) is 15.3. The molecule has 0 radical (unpaired) electrons. The van der Waals surface area contributed by atoms with E-state index in [1.54, 1.807) is 18.2 Å². The predicted molar refractivity (Wildman–Crippen MR) is 126 cm³/mol. The molecule has 0 unspecified atom stereocenters. The lowest BCUT2D eigenvalue weighted by Crippen LogP contribution is -2.05. The Morgan fingerprint density at radius 3 is 2.78 bits per heavy atom. The standard InChI is InChI=1S/C22H19ClN4O4S/c1-32(29,30)9-8-24-12-16-4-7-21(31-16)14-2-5-19-17(10-14)22(26-13-25-19)27-15-3-6-20(28)18(23)11-15/h2-7,10-13,28H,8-9H2,1H3,(H,25,26,27). The lowest BCUT2D eigenvalue weighted by molar-refractivity contribution is 0.475. The average Bonchev–Trinajstić information content (AvgIpc) is 3.22. The molecule has 0 aliphatic carbocycles. The Labute approximate surface area is 189 Å². The molecule has 0 saturated heterocycles. The molecule has 2 aromatic carbocycles. The number of aliphatic imine (C=N–C) groups is 1. The first-order valence-electron chi connectivity index (χ1n) is 9.56. The first kappa shape index (κ1) is 21.8. The Balaban J connectivity index is 1.59. The number of fused-ring (bicyclic) bond motifs is 1. The average molecular weight is 471 g/mol. The van der Waals surface area contributed by atoms with E-state index in [0.29, 0.717) is 23.0 Å². The first-order valence-corrected chi connectivity index (χ1v) is 12.0. The molecule has 0 amide bonds. The van der Waals surface area contributed by atoms with Gasteiger partial charge in [0, 0.05) is 22.9 Å². The fourth-order valence-corrected chi connectivity index (χ4v) is 3.60. The lowest BCUT2D eigenvalue weighted by atomic mass is 10.1. The summed E-state index contributed by atoms with van der Waals surface area (Å²) >= 11 is 6.00. The summed E-state index contributed by atoms with van der Waals surface area (Å²) in [4.78, 5) is 12.7. The van der Waals surface area contributed by atoms with Gasteiger partial charge in [0.05, 0.1) is 29.1 Å². The van der Waals surface area contributed by atoms with Crippen molar-refractivity contribution in [1.82, 2.24) is 9.97 Å². The van der Waals surface area contributed by atoms with Crippen molar-refractivity contribution in [1.29, 1.82) is 0 Å². The van der Waals surface area contributed by atoms with E-state index in [4.69, 9.17) is 16.0 Å². The van der Waals surface area contributed by atoms with Crippen molar-refractivity contribution < 1.29 is 17.9 Å². The van der Waals surface area contributed by atoms with Crippen LogP contribution in [-0.2, 0) is 9.84 Å². The van der Waals surface area contributed by atoms with E-state index < -0.39 is 9.84 Å². The van der Waals surface area contributed by atoms with E-state index in [0.717, 1.165) is 16.5 Å². The molecule has 32 heavy (non-hydrogen) atoms. The molecule has 0 fully saturated rings. The molecule has 4 rings (SSSR count). The summed E-state index contributed by atoms with van der Waals surface area (Å²) in [6, 6.07) is 14.0. The van der Waals surface area contributed by atoms with Gasteiger partial charge in [0.25, 0.3) is 0 Å². The van der Waals surface area contributed by atoms with Gasteiger partial charge >= 0.3 is 0 Å². The molecule has 8 nitrogen and oxygen atoms in total. The highest BCUT2D eigenvalue weighted by atomic mass is 35.5. The number of rotatable bonds is 7. The molecule has 4 aromatic rings. The molecule has 164 valence electrons. The number of anilines is 2. The van der Waals surface area contributed by atoms with Crippen LogP contribution in [0.4, 0.5) is 11.5 Å². The molecular formula is C22H19ClN4O4S. The highest BCUT2D eigenvalue weighted by Crippen LogP contribution is 2.31. The molecule has 2 heterocycles. The van der Waals surface area contributed by atoms with E-state index in [2.05, 4.69) is 20.3 Å². The second-order valence-electron chi connectivity index (χ2n) is 7.11. The van der Waals surface area contributed by atoms with Gasteiger partial charge in [0.15, 0.2) is 0 Å². The molecule has 10 heteroatoms. The Bertz CT molecular complexity index is 1420. The zero-order chi connectivity index (χ0) is 22.7. The second kappa shape index (κ2) is 8.97. The van der Waals surface area contributed by atoms with Crippen molar-refractivity contribution in [3.05, 3.63) is 65.6 Å². The maximum absolute atomic E-state index is 11.2. The largest absolute Gasteiger partial charge is 0.506 e. The van der Waals surface area contributed by atoms with Crippen molar-refractivity contribution in [2.45, 2.75) is 0 Å². The number of phenolic OH excluding ortho intramolecular Hbond substituents is 1. The number of benzene rings is 2. The van der Waals surface area contributed by atoms with Crippen molar-refractivity contribution >= 4 is 50.1 Å². The molecule has 0 aliphatic heterocycles. The number of sulfone groups is 1. The minimum atomic E-state index is -3.05. The SMILES string of the molecule is CS(=O)(=O)CCN=Cc1ccc(-c2ccc3ncnc(Nc4ccc(O)c(Cl)c4)c3c2)o1. The van der Waals surface area contributed by atoms with Gasteiger partial charge in [-0.2, -0.15) is 0 Å². The highest BCUT2D eigenvalue weighted by Gasteiger charge is 2.10. The number of aromatic nitrogens is 2. The van der Waals surface area contributed by atoms with Crippen LogP contribution in [0.15, 0.2) is 64.3 Å². The van der Waals surface area contributed by atoms with Crippen LogP contribution < -0.4 is 5.32 Å². The fourth-order valence-electron chi connectivity index (χ4n) is 2.98. The van der Waals surface area contributed by atoms with Crippen LogP contribution in [-0.4, -0.2) is 48.3 Å². The summed E-state index contributed by atoms with van der Waals surface area (Å²) in [6.45, 7) is 0.179. The zero-order valence-corrected chi connectivity index (χ0v) is 18.6. The second-order valence-corrected chi connectivity index (χ2v) is 9.78. The van der Waals surface area contributed by atoms with Gasteiger partial charge < -0.3 is 14.8 Å². The van der Waals surface area contributed by atoms with Crippen molar-refractivity contribution in [3.8, 4) is 17.1 Å². The van der Waals surface area contributed by atoms with Crippen LogP contribution in [0.3, 0.4) is 0 Å². The molecular weight excluding hydrogens is 452 g/mol. The summed E-state index contributed by atoms with van der Waals surface area (Å²) in [5.74, 6) is 1.71. The molecule has 0 aliphatic rings. The summed E-state index contributed by atoms with van der Waals surface area (Å²) < 4.78 is 28.2. The van der Waals surface area contributed by atoms with Crippen LogP contribution in [0.5, 0.6) is 5.75 Å². The highest BCUT2D eigenvalue weighted by molar-refractivity contribution is 7.90. The van der Waals surface area contributed by atoms with Gasteiger partial charge in [-0.1, -0.05) is 11.6 Å². The maximum Gasteiger partial charge on any atom is 0.149 e. The quantitative estimate of drug-likeness (QED) is 0.302. The van der Waals surface area contributed by atoms with Crippen molar-refractivity contribution in [2.75, 3.05) is 23.9 Å². The monoisotopic (exact) mass is 470 g/mol. The number of hydrogen-bond donors (Lipinski definition) is 2. The number of nitrogens with zero attached hydrogens (tertiary/aromatic N) is 3. The zero-order valence-electron chi connectivity index (χ0n) is 17.0. The minimum absolute atomic E-state index is 0.000491. The number of halogens is 1. The Morgan fingerprint density at radius 2 is 2.00 bits per heavy atom. The minimum Gasteiger partial charge on any atom is -0.506 e. The normalized spacial score (nSPS) is 11.9. The fraction of sp³-hybridized carbons (Fsp3) is 0.136. The van der Waals surface area contributed by atoms with E-state index >= 15 is 0 Å². The number of aromatic hydroxyl groups is 1. The molecule has 0 atom stereocenters. The van der Waals surface area contributed by atoms with Crippen molar-refractivity contribution in [2.24, 2.45) is 4.99 Å². The maximum atomic E-state index is 11.2. The number of nitrogens with one attached hydrogen (secondary N) is 1. The summed E-state index contributed by atoms with van der Waals surface area (Å²) in [5.41, 5.74) is 2.23. The van der Waals surface area contributed by atoms with E-state index in [9.17, 15) is 13.5 Å². The third kappa shape index (κ3) is 5.24. The Hall–Kier alpha value is -3.43. The summed E-state index contributed by atoms with van der Waals surface area (Å²) in [6.07, 6.45) is 4.15. The van der Waals surface area contributed by atoms with E-state index in [1.807, 2.05) is 24.3 Å². The lowest BCUT2D eigenvalue weighted by Gasteiger charge is -2.10. The van der Waals surface area contributed by atoms with E-state index in [1.165, 1.54) is 24.9 Å². The molecule has 2 aromatic heterocycles. The number of phenols is 1. The summed E-state index contributed by atoms with van der Waals surface area (Å²) in [5, 5.41) is 13.8. The third-order valence-electron chi connectivity index (χ3n) is 4.57. The van der Waals surface area contributed by atoms with Gasteiger partial charge in [-0.25, -0.2) is 18.4 Å². The van der Waals surface area contributed by atoms with Crippen LogP contribution in [0.25, 0.3) is 22.2 Å². The van der Waals surface area contributed by atoms with Crippen LogP contribution in [0.1, 0.15) is 5.76 Å². The molecule has 0 saturated carbocycles. The molecule has 0 spiro atoms. The number of furan rings is 1. The third-order valence-corrected chi connectivity index (χ3v) is 5.79. The molecule has 0 bridgehead atoms. The van der Waals surface area contributed by atoms with Crippen LogP contribution >= 0.6 is 11.6 Å². The number of hydrogen-bond acceptors (Lipinski definition) is 8. The Morgan fingerprint density at radius 1 is 1.16 bits per heavy atom. The Kier molecular flexibility index (Phi) is 6.11. The van der Waals surface area contributed by atoms with Gasteiger partial charge in [-0.3, -0.25) is 4.99 Å². The van der Waals surface area contributed by atoms with Gasteiger partial charge in [0.2, 0.25) is 0 Å². The summed E-state index contributed by atoms with van der Waals surface area (Å²) in [7, 11) is -3.05. The van der Waals surface area contributed by atoms with Crippen molar-refractivity contribution in [3.63, 3.8) is 0 Å². The smallest absolute Gasteiger partial charge is 0.149 e. The molecule has 2 N–H and O–H groups in total. The van der Waals surface area contributed by atoms with Gasteiger partial charge in [0.1, 0.15) is 39.3 Å². The topological polar surface area (TPSA) is 118 Å². The van der Waals surface area contributed by atoms with Crippen LogP contribution in [0, 0.1) is 0 Å². The van der Waals surface area contributed by atoms with E-state index in [-0.39, 0.29) is 23.1 Å². The van der Waals surface area contributed by atoms with Crippen LogP contribution in [0.2, 0.25) is 5.02 Å². The van der Waals surface area contributed by atoms with Gasteiger partial charge in [-0.15, -0.1) is 0 Å². The predicted octanol–water partition coefficient (Wildman–Crippen LogP) is 4.46. The van der Waals surface area contributed by atoms with Gasteiger partial charge in [-0.05, 0) is 48.5 Å².